The van der Waals surface area contributed by atoms with Gasteiger partial charge in [0.05, 0.1) is 0 Å². The fourth-order valence-electron chi connectivity index (χ4n) is 1.97. The summed E-state index contributed by atoms with van der Waals surface area (Å²) in [5.41, 5.74) is 3.40. The summed E-state index contributed by atoms with van der Waals surface area (Å²) in [5, 5.41) is 0. The number of benzene rings is 3. The van der Waals surface area contributed by atoms with E-state index in [0.29, 0.717) is 5.56 Å². The molecule has 0 atom stereocenters. The Morgan fingerprint density at radius 2 is 1.16 bits per heavy atom. The van der Waals surface area contributed by atoms with Crippen LogP contribution in [0.15, 0.2) is 77.3 Å². The van der Waals surface area contributed by atoms with Gasteiger partial charge in [-0.05, 0) is 0 Å². The van der Waals surface area contributed by atoms with Crippen molar-refractivity contribution < 1.29 is 4.79 Å². The van der Waals surface area contributed by atoms with Gasteiger partial charge in [0.1, 0.15) is 0 Å². The monoisotopic (exact) mass is 654 g/mol. The van der Waals surface area contributed by atoms with Gasteiger partial charge in [-0.1, -0.05) is 0 Å². The second-order valence-corrected chi connectivity index (χ2v) is 12.2. The van der Waals surface area contributed by atoms with Crippen molar-refractivity contribution in [1.82, 2.24) is 0 Å². The Morgan fingerprint density at radius 3 is 1.52 bits per heavy atom. The van der Waals surface area contributed by atoms with E-state index < -0.39 is 23.2 Å². The molecule has 0 spiro atoms. The molecule has 0 N–H and O–H groups in total. The molecule has 0 unspecified atom stereocenters. The Balaban J connectivity index is 0.000000196. The van der Waals surface area contributed by atoms with E-state index in [1.165, 1.54) is 11.1 Å². The van der Waals surface area contributed by atoms with Crippen LogP contribution in [0.4, 0.5) is 0 Å². The van der Waals surface area contributed by atoms with E-state index in [1.54, 1.807) is 18.7 Å². The molecule has 126 valence electrons. The van der Waals surface area contributed by atoms with Gasteiger partial charge in [0.25, 0.3) is 0 Å². The molecule has 0 saturated carbocycles. The predicted octanol–water partition coefficient (Wildman–Crippen LogP) is 3.72. The molecule has 0 heterocycles. The van der Waals surface area contributed by atoms with Gasteiger partial charge in [0.15, 0.2) is 0 Å². The molecule has 0 fully saturated rings. The standard InChI is InChI=1S/C7H4BrOSe.2C7H7.Bi/c8-6-3-1-5(2-4-6)7(9)10;2*1-7-5-3-2-4-6-7;/h1-4H;2*3-6H,1H3;. The normalized spacial score (nSPS) is 9.88. The summed E-state index contributed by atoms with van der Waals surface area (Å²) in [6.07, 6.45) is 0. The number of aryl methyl sites for hydroxylation is 2. The zero-order valence-corrected chi connectivity index (χ0v) is 20.8. The van der Waals surface area contributed by atoms with E-state index in [4.69, 9.17) is 0 Å². The van der Waals surface area contributed by atoms with Crippen LogP contribution in [-0.4, -0.2) is 43.9 Å². The van der Waals surface area contributed by atoms with Crippen molar-refractivity contribution in [3.05, 3.63) is 94.0 Å². The van der Waals surface area contributed by atoms with Gasteiger partial charge in [-0.2, -0.15) is 0 Å². The number of halogens is 1. The zero-order chi connectivity index (χ0) is 18.2. The fraction of sp³-hybridized carbons (Fsp3) is 0.0952. The average molecular weight is 654 g/mol. The van der Waals surface area contributed by atoms with Crippen molar-refractivity contribution in [2.45, 2.75) is 13.8 Å². The molecule has 25 heavy (non-hydrogen) atoms. The Kier molecular flexibility index (Phi) is 8.52. The number of carbonyl (C=O) groups excluding carboxylic acids is 1. The minimum atomic E-state index is -0.654. The number of hydrogen-bond acceptors (Lipinski definition) is 1. The summed E-state index contributed by atoms with van der Waals surface area (Å²) in [6.45, 7) is 4.28. The first-order valence-electron chi connectivity index (χ1n) is 7.76. The molecule has 0 saturated heterocycles. The third kappa shape index (κ3) is 7.54. The summed E-state index contributed by atoms with van der Waals surface area (Å²) in [6, 6.07) is 25.2. The quantitative estimate of drug-likeness (QED) is 0.394. The van der Waals surface area contributed by atoms with Crippen LogP contribution in [-0.2, 0) is 0 Å². The molecular weight excluding hydrogens is 636 g/mol. The Labute approximate surface area is 177 Å². The molecule has 0 bridgehead atoms. The number of carbonyl (C=O) groups is 1. The maximum atomic E-state index is 10.7. The van der Waals surface area contributed by atoms with E-state index in [1.807, 2.05) is 12.1 Å². The number of hydrogen-bond donors (Lipinski definition) is 0. The van der Waals surface area contributed by atoms with Crippen molar-refractivity contribution in [2.24, 2.45) is 0 Å². The van der Waals surface area contributed by atoms with Crippen LogP contribution in [0, 0.1) is 13.8 Å². The second-order valence-electron chi connectivity index (χ2n) is 5.58. The Hall–Kier alpha value is -0.787. The molecule has 0 aliphatic rings. The van der Waals surface area contributed by atoms with E-state index in [9.17, 15) is 4.79 Å². The van der Waals surface area contributed by atoms with Gasteiger partial charge in [0, 0.05) is 0 Å². The molecule has 0 aromatic heterocycles. The molecule has 2 radical (unpaired) electrons. The topological polar surface area (TPSA) is 17.1 Å². The summed E-state index contributed by atoms with van der Waals surface area (Å²) >= 11 is 5.04. The summed E-state index contributed by atoms with van der Waals surface area (Å²) in [5.74, 6) is 0. The van der Waals surface area contributed by atoms with Crippen LogP contribution in [0.1, 0.15) is 21.5 Å². The van der Waals surface area contributed by atoms with Crippen LogP contribution in [0.5, 0.6) is 0 Å². The average Bonchev–Trinajstić information content (AvgIpc) is 2.60. The van der Waals surface area contributed by atoms with Gasteiger partial charge in [0.2, 0.25) is 0 Å². The van der Waals surface area contributed by atoms with E-state index in [0.717, 1.165) is 4.47 Å². The van der Waals surface area contributed by atoms with Crippen LogP contribution in [0.2, 0.25) is 0 Å². The first kappa shape index (κ1) is 20.5. The SMILES string of the molecule is Cc1cc[c]([Bi][c]2ccc(C)cc2)cc1.O=C([Se])c1ccc(Br)cc1. The van der Waals surface area contributed by atoms with E-state index in [2.05, 4.69) is 94.3 Å². The summed E-state index contributed by atoms with van der Waals surface area (Å²) < 4.78 is 4.08. The van der Waals surface area contributed by atoms with Gasteiger partial charge in [-0.25, -0.2) is 0 Å². The van der Waals surface area contributed by atoms with E-state index in [-0.39, 0.29) is 4.68 Å². The third-order valence-electron chi connectivity index (χ3n) is 3.41. The third-order valence-corrected chi connectivity index (χ3v) is 8.75. The molecule has 3 aromatic rings. The fourth-order valence-corrected chi connectivity index (χ4v) is 6.00. The van der Waals surface area contributed by atoms with Crippen LogP contribution >= 0.6 is 15.9 Å². The molecule has 0 amide bonds. The van der Waals surface area contributed by atoms with Gasteiger partial charge >= 0.3 is 179 Å². The predicted molar refractivity (Wildman–Crippen MR) is 112 cm³/mol. The van der Waals surface area contributed by atoms with Crippen LogP contribution in [0.25, 0.3) is 0 Å². The van der Waals surface area contributed by atoms with Crippen molar-refractivity contribution in [3.8, 4) is 0 Å². The van der Waals surface area contributed by atoms with Crippen LogP contribution in [0.3, 0.4) is 0 Å². The van der Waals surface area contributed by atoms with Crippen molar-refractivity contribution in [2.75, 3.05) is 0 Å². The second kappa shape index (κ2) is 10.4. The minimum absolute atomic E-state index is 0.0208. The number of rotatable bonds is 3. The molecule has 3 aromatic carbocycles. The van der Waals surface area contributed by atoms with Gasteiger partial charge < -0.3 is 0 Å². The molecule has 0 aliphatic heterocycles. The van der Waals surface area contributed by atoms with Crippen molar-refractivity contribution >= 4 is 66.4 Å². The molecule has 3 rings (SSSR count). The van der Waals surface area contributed by atoms with E-state index >= 15 is 0 Å². The van der Waals surface area contributed by atoms with Gasteiger partial charge in [-0.15, -0.1) is 0 Å². The zero-order valence-electron chi connectivity index (χ0n) is 14.1. The van der Waals surface area contributed by atoms with Crippen LogP contribution < -0.4 is 6.54 Å². The summed E-state index contributed by atoms with van der Waals surface area (Å²) in [7, 11) is 0. The molecule has 1 nitrogen and oxygen atoms in total. The van der Waals surface area contributed by atoms with Crippen molar-refractivity contribution in [3.63, 3.8) is 0 Å². The Bertz CT molecular complexity index is 769. The molecular formula is C21H18BiBrOSe. The first-order valence-corrected chi connectivity index (χ1v) is 12.9. The molecule has 4 heteroatoms. The maximum absolute atomic E-state index is 10.7. The Morgan fingerprint density at radius 1 is 0.760 bits per heavy atom. The first-order chi connectivity index (χ1) is 11.9. The molecule has 0 aliphatic carbocycles. The van der Waals surface area contributed by atoms with Gasteiger partial charge in [-0.3, -0.25) is 0 Å². The van der Waals surface area contributed by atoms with Crippen molar-refractivity contribution in [1.29, 1.82) is 0 Å². The summed E-state index contributed by atoms with van der Waals surface area (Å²) in [4.78, 5) is 10.7.